The molecule has 0 saturated carbocycles. The second-order valence-electron chi connectivity index (χ2n) is 1.92. The van der Waals surface area contributed by atoms with Gasteiger partial charge in [0.25, 0.3) is 0 Å². The minimum absolute atomic E-state index is 0.121. The smallest absolute Gasteiger partial charge is 0.234 e. The van der Waals surface area contributed by atoms with Gasteiger partial charge in [0.15, 0.2) is 0 Å². The molecule has 8 heteroatoms. The quantitative estimate of drug-likeness (QED) is 0.347. The predicted octanol–water partition coefficient (Wildman–Crippen LogP) is 1.65. The van der Waals surface area contributed by atoms with Gasteiger partial charge < -0.3 is 10.7 Å². The molecule has 0 spiro atoms. The summed E-state index contributed by atoms with van der Waals surface area (Å²) in [5, 5.41) is 17.7. The van der Waals surface area contributed by atoms with E-state index in [0.29, 0.717) is 0 Å². The molecule has 14 heavy (non-hydrogen) atoms. The zero-order chi connectivity index (χ0) is 11.0. The van der Waals surface area contributed by atoms with E-state index in [2.05, 4.69) is 15.8 Å². The number of rotatable bonds is 4. The first-order valence-corrected chi connectivity index (χ1v) is 5.95. The Bertz CT molecular complexity index is 248. The summed E-state index contributed by atoms with van der Waals surface area (Å²) in [5.41, 5.74) is 2.50. The molecule has 0 amide bonds. The second kappa shape index (κ2) is 7.51. The molecule has 0 aliphatic rings. The summed E-state index contributed by atoms with van der Waals surface area (Å²) in [6, 6.07) is 0. The highest BCUT2D eigenvalue weighted by Crippen LogP contribution is 2.10. The van der Waals surface area contributed by atoms with Crippen molar-refractivity contribution in [1.29, 1.82) is 0 Å². The van der Waals surface area contributed by atoms with Gasteiger partial charge in [-0.15, -0.1) is 23.5 Å². The first-order chi connectivity index (χ1) is 6.63. The molecule has 80 valence electrons. The molecule has 0 aromatic carbocycles. The molecule has 0 aromatic rings. The summed E-state index contributed by atoms with van der Waals surface area (Å²) in [4.78, 5) is 9.54. The topological polar surface area (TPSA) is 81.6 Å². The zero-order valence-corrected chi connectivity index (χ0v) is 9.68. The summed E-state index contributed by atoms with van der Waals surface area (Å²) in [5.74, 6) is 0.121. The minimum Gasteiger partial charge on any atom is -0.463 e. The van der Waals surface area contributed by atoms with Crippen LogP contribution in [0.25, 0.3) is 5.32 Å². The van der Waals surface area contributed by atoms with E-state index in [-0.39, 0.29) is 5.82 Å². The molecule has 0 fully saturated rings. The van der Waals surface area contributed by atoms with Crippen molar-refractivity contribution in [1.82, 2.24) is 5.43 Å². The van der Waals surface area contributed by atoms with Crippen LogP contribution in [0.1, 0.15) is 0 Å². The highest BCUT2D eigenvalue weighted by atomic mass is 32.2. The van der Waals surface area contributed by atoms with Gasteiger partial charge in [0.1, 0.15) is 4.38 Å². The fraction of sp³-hybridized carbons (Fsp3) is 0.500. The summed E-state index contributed by atoms with van der Waals surface area (Å²) < 4.78 is 0.780. The van der Waals surface area contributed by atoms with Gasteiger partial charge in [0.05, 0.1) is 4.92 Å². The lowest BCUT2D eigenvalue weighted by molar-refractivity contribution is -0.403. The van der Waals surface area contributed by atoms with Crippen LogP contribution in [0.3, 0.4) is 0 Å². The van der Waals surface area contributed by atoms with E-state index in [1.54, 1.807) is 0 Å². The van der Waals surface area contributed by atoms with Crippen LogP contribution >= 0.6 is 23.5 Å². The Morgan fingerprint density at radius 2 is 2.14 bits per heavy atom. The molecular formula is C6H11N4O2S2-. The summed E-state index contributed by atoms with van der Waals surface area (Å²) in [6.07, 6.45) is 4.51. The molecule has 0 radical (unpaired) electrons. The molecule has 6 nitrogen and oxygen atoms in total. The zero-order valence-electron chi connectivity index (χ0n) is 8.05. The van der Waals surface area contributed by atoms with Crippen molar-refractivity contribution in [2.45, 2.75) is 0 Å². The Balaban J connectivity index is 4.33. The molecule has 1 N–H and O–H groups in total. The summed E-state index contributed by atoms with van der Waals surface area (Å²) >= 11 is 2.91. The average molecular weight is 235 g/mol. The predicted molar refractivity (Wildman–Crippen MR) is 62.0 cm³/mol. The summed E-state index contributed by atoms with van der Waals surface area (Å²) in [7, 11) is 1.45. The van der Waals surface area contributed by atoms with Gasteiger partial charge in [-0.05, 0) is 12.5 Å². The van der Waals surface area contributed by atoms with Crippen LogP contribution in [0.2, 0.25) is 0 Å². The number of nitrogens with zero attached hydrogens (tertiary/aromatic N) is 3. The van der Waals surface area contributed by atoms with Crippen LogP contribution in [0.15, 0.2) is 17.1 Å². The number of hydrogen-bond acceptors (Lipinski definition) is 6. The van der Waals surface area contributed by atoms with Crippen LogP contribution < -0.4 is 5.43 Å². The van der Waals surface area contributed by atoms with E-state index >= 15 is 0 Å². The number of hydrogen-bond donors (Lipinski definition) is 1. The molecule has 0 bridgehead atoms. The lowest BCUT2D eigenvalue weighted by Gasteiger charge is -2.12. The Hall–Kier alpha value is -0.890. The van der Waals surface area contributed by atoms with Crippen molar-refractivity contribution >= 4 is 27.9 Å². The van der Waals surface area contributed by atoms with E-state index < -0.39 is 4.92 Å². The first-order valence-electron chi connectivity index (χ1n) is 3.50. The fourth-order valence-electron chi connectivity index (χ4n) is 0.514. The maximum atomic E-state index is 10.1. The molecule has 0 aliphatic heterocycles. The molecule has 0 rings (SSSR count). The van der Waals surface area contributed by atoms with Crippen LogP contribution in [0.5, 0.6) is 0 Å². The molecule has 0 heterocycles. The van der Waals surface area contributed by atoms with Crippen LogP contribution in [0, 0.1) is 10.1 Å². The number of thioether (sulfide) groups is 2. The van der Waals surface area contributed by atoms with E-state index in [9.17, 15) is 10.1 Å². The second-order valence-corrected chi connectivity index (χ2v) is 3.77. The van der Waals surface area contributed by atoms with Crippen molar-refractivity contribution in [2.75, 3.05) is 19.6 Å². The fourth-order valence-corrected chi connectivity index (χ4v) is 1.45. The van der Waals surface area contributed by atoms with Crippen molar-refractivity contribution < 1.29 is 4.92 Å². The van der Waals surface area contributed by atoms with Crippen molar-refractivity contribution in [3.8, 4) is 0 Å². The van der Waals surface area contributed by atoms with Gasteiger partial charge in [-0.2, -0.15) is 0 Å². The normalized spacial score (nSPS) is 10.6. The highest BCUT2D eigenvalue weighted by Gasteiger charge is 1.92. The lowest BCUT2D eigenvalue weighted by Crippen LogP contribution is -2.08. The maximum absolute atomic E-state index is 10.1. The van der Waals surface area contributed by atoms with Crippen LogP contribution in [0.4, 0.5) is 0 Å². The average Bonchev–Trinajstić information content (AvgIpc) is 2.17. The third-order valence-corrected chi connectivity index (χ3v) is 2.96. The monoisotopic (exact) mass is 235 g/mol. The van der Waals surface area contributed by atoms with E-state index in [1.165, 1.54) is 30.6 Å². The minimum atomic E-state index is -0.581. The van der Waals surface area contributed by atoms with E-state index in [0.717, 1.165) is 10.6 Å². The molecular weight excluding hydrogens is 224 g/mol. The van der Waals surface area contributed by atoms with E-state index in [1.807, 2.05) is 12.5 Å². The van der Waals surface area contributed by atoms with Crippen molar-refractivity contribution in [2.24, 2.45) is 5.10 Å². The lowest BCUT2D eigenvalue weighted by atomic mass is 10.7. The van der Waals surface area contributed by atoms with Crippen LogP contribution in [-0.4, -0.2) is 28.9 Å². The van der Waals surface area contributed by atoms with Gasteiger partial charge in [0.2, 0.25) is 6.20 Å². The first kappa shape index (κ1) is 13.1. The Morgan fingerprint density at radius 3 is 2.50 bits per heavy atom. The number of hydrazone groups is 1. The van der Waals surface area contributed by atoms with Crippen molar-refractivity contribution in [3.63, 3.8) is 0 Å². The van der Waals surface area contributed by atoms with Gasteiger partial charge in [-0.3, -0.25) is 10.1 Å². The standard InChI is InChI=1S/C6H11N4O2S2/c1-7-5(4-10(11)12)8-9-6(13-2)14-3/h4,8H,1-3H3/q-1/b5-4+. The molecule has 0 aromatic heterocycles. The van der Waals surface area contributed by atoms with Gasteiger partial charge >= 0.3 is 0 Å². The van der Waals surface area contributed by atoms with Crippen LogP contribution in [-0.2, 0) is 0 Å². The molecule has 0 aliphatic carbocycles. The third-order valence-electron chi connectivity index (χ3n) is 1.08. The van der Waals surface area contributed by atoms with Gasteiger partial charge in [-0.25, -0.2) is 5.10 Å². The van der Waals surface area contributed by atoms with Crippen molar-refractivity contribution in [3.05, 3.63) is 27.5 Å². The third kappa shape index (κ3) is 5.70. The SMILES string of the molecule is C[N-]/C(=C\[N+](=O)[O-])NN=C(SC)SC. The van der Waals surface area contributed by atoms with Gasteiger partial charge in [-0.1, -0.05) is 7.05 Å². The highest BCUT2D eigenvalue weighted by molar-refractivity contribution is 8.38. The largest absolute Gasteiger partial charge is 0.463 e. The van der Waals surface area contributed by atoms with E-state index in [4.69, 9.17) is 0 Å². The maximum Gasteiger partial charge on any atom is 0.234 e. The van der Waals surface area contributed by atoms with Gasteiger partial charge in [0, 0.05) is 5.82 Å². The Kier molecular flexibility index (Phi) is 7.03. The number of nitro groups is 1. The summed E-state index contributed by atoms with van der Waals surface area (Å²) in [6.45, 7) is 0. The molecule has 0 saturated heterocycles. The molecule has 0 atom stereocenters. The molecule has 0 unspecified atom stereocenters. The Labute approximate surface area is 90.7 Å². The Morgan fingerprint density at radius 1 is 1.57 bits per heavy atom. The number of nitrogens with one attached hydrogen (secondary N) is 1.